The molecule has 6 heteroatoms. The highest BCUT2D eigenvalue weighted by Crippen LogP contribution is 2.37. The summed E-state index contributed by atoms with van der Waals surface area (Å²) in [5, 5.41) is 3.45. The van der Waals surface area contributed by atoms with Crippen LogP contribution < -0.4 is 20.5 Å². The third kappa shape index (κ3) is 4.54. The lowest BCUT2D eigenvalue weighted by molar-refractivity contribution is 0.0928. The summed E-state index contributed by atoms with van der Waals surface area (Å²) in [4.78, 5) is 12.6. The Morgan fingerprint density at radius 2 is 2.17 bits per heavy atom. The average molecular weight is 355 g/mol. The Bertz CT molecular complexity index is 578. The van der Waals surface area contributed by atoms with E-state index in [4.69, 9.17) is 26.8 Å². The molecule has 134 valence electrons. The Morgan fingerprint density at radius 1 is 1.42 bits per heavy atom. The van der Waals surface area contributed by atoms with Crippen LogP contribution in [0.4, 0.5) is 0 Å². The number of methoxy groups -OCH3 is 1. The minimum Gasteiger partial charge on any atom is -0.493 e. The van der Waals surface area contributed by atoms with Gasteiger partial charge in [0.1, 0.15) is 0 Å². The number of rotatable bonds is 7. The summed E-state index contributed by atoms with van der Waals surface area (Å²) < 4.78 is 11.1. The van der Waals surface area contributed by atoms with Gasteiger partial charge in [0.05, 0.1) is 18.7 Å². The number of hydrogen-bond acceptors (Lipinski definition) is 4. The molecule has 2 unspecified atom stereocenters. The topological polar surface area (TPSA) is 73.6 Å². The van der Waals surface area contributed by atoms with Crippen LogP contribution >= 0.6 is 11.6 Å². The van der Waals surface area contributed by atoms with Gasteiger partial charge in [-0.1, -0.05) is 31.9 Å². The monoisotopic (exact) mass is 354 g/mol. The molecule has 1 amide bonds. The maximum Gasteiger partial charge on any atom is 0.251 e. The van der Waals surface area contributed by atoms with Crippen molar-refractivity contribution in [2.24, 2.45) is 17.6 Å². The van der Waals surface area contributed by atoms with Crippen molar-refractivity contribution in [2.75, 3.05) is 20.3 Å². The molecule has 1 aromatic rings. The largest absolute Gasteiger partial charge is 0.493 e. The molecular weight excluding hydrogens is 328 g/mol. The molecule has 3 N–H and O–H groups in total. The van der Waals surface area contributed by atoms with Crippen molar-refractivity contribution in [2.45, 2.75) is 39.2 Å². The van der Waals surface area contributed by atoms with Crippen LogP contribution in [0.2, 0.25) is 5.02 Å². The number of benzene rings is 1. The van der Waals surface area contributed by atoms with E-state index < -0.39 is 0 Å². The summed E-state index contributed by atoms with van der Waals surface area (Å²) in [5.74, 6) is 1.50. The Balaban J connectivity index is 2.15. The second-order valence-electron chi connectivity index (χ2n) is 6.70. The summed E-state index contributed by atoms with van der Waals surface area (Å²) >= 11 is 6.31. The average Bonchev–Trinajstić information content (AvgIpc) is 2.99. The molecule has 1 aliphatic carbocycles. The maximum atomic E-state index is 12.6. The van der Waals surface area contributed by atoms with Crippen molar-refractivity contribution in [3.63, 3.8) is 0 Å². The molecule has 2 rings (SSSR count). The van der Waals surface area contributed by atoms with E-state index in [1.807, 2.05) is 0 Å². The Kier molecular flexibility index (Phi) is 6.75. The lowest BCUT2D eigenvalue weighted by Crippen LogP contribution is -2.39. The van der Waals surface area contributed by atoms with Gasteiger partial charge < -0.3 is 20.5 Å². The first-order valence-corrected chi connectivity index (χ1v) is 8.85. The van der Waals surface area contributed by atoms with E-state index in [9.17, 15) is 4.79 Å². The van der Waals surface area contributed by atoms with E-state index in [0.717, 1.165) is 19.3 Å². The molecular formula is C18H27ClN2O3. The van der Waals surface area contributed by atoms with Crippen LogP contribution in [-0.4, -0.2) is 32.2 Å². The third-order valence-corrected chi connectivity index (χ3v) is 4.61. The highest BCUT2D eigenvalue weighted by Gasteiger charge is 2.28. The second-order valence-corrected chi connectivity index (χ2v) is 7.11. The molecule has 0 bridgehead atoms. The van der Waals surface area contributed by atoms with E-state index >= 15 is 0 Å². The van der Waals surface area contributed by atoms with Crippen LogP contribution in [0.1, 0.15) is 43.5 Å². The van der Waals surface area contributed by atoms with E-state index in [1.54, 1.807) is 12.1 Å². The fourth-order valence-electron chi connectivity index (χ4n) is 3.00. The van der Waals surface area contributed by atoms with Gasteiger partial charge in [0.15, 0.2) is 11.5 Å². The van der Waals surface area contributed by atoms with E-state index in [-0.39, 0.29) is 11.9 Å². The number of nitrogens with one attached hydrogen (secondary N) is 1. The number of amides is 1. The summed E-state index contributed by atoms with van der Waals surface area (Å²) in [6.45, 7) is 5.23. The van der Waals surface area contributed by atoms with Crippen LogP contribution in [-0.2, 0) is 0 Å². The number of ether oxygens (including phenoxy) is 2. The zero-order valence-electron chi connectivity index (χ0n) is 14.6. The fraction of sp³-hybridized carbons (Fsp3) is 0.611. The van der Waals surface area contributed by atoms with Crippen molar-refractivity contribution >= 4 is 17.5 Å². The molecule has 0 aliphatic heterocycles. The minimum atomic E-state index is -0.157. The molecule has 1 fully saturated rings. The van der Waals surface area contributed by atoms with Gasteiger partial charge >= 0.3 is 0 Å². The first kappa shape index (κ1) is 18.9. The predicted octanol–water partition coefficient (Wildman–Crippen LogP) is 3.24. The van der Waals surface area contributed by atoms with Gasteiger partial charge in [-0.15, -0.1) is 0 Å². The van der Waals surface area contributed by atoms with E-state index in [2.05, 4.69) is 19.2 Å². The van der Waals surface area contributed by atoms with Gasteiger partial charge in [-0.25, -0.2) is 0 Å². The molecule has 0 saturated heterocycles. The van der Waals surface area contributed by atoms with Gasteiger partial charge in [-0.05, 0) is 43.4 Å². The molecule has 0 aromatic heterocycles. The van der Waals surface area contributed by atoms with Crippen molar-refractivity contribution in [1.29, 1.82) is 0 Å². The quantitative estimate of drug-likeness (QED) is 0.788. The summed E-state index contributed by atoms with van der Waals surface area (Å²) in [6, 6.07) is 3.43. The van der Waals surface area contributed by atoms with Crippen LogP contribution in [0, 0.1) is 11.8 Å². The van der Waals surface area contributed by atoms with Crippen molar-refractivity contribution in [3.8, 4) is 11.5 Å². The van der Waals surface area contributed by atoms with Crippen LogP contribution in [0.25, 0.3) is 0 Å². The Labute approximate surface area is 148 Å². The van der Waals surface area contributed by atoms with Crippen molar-refractivity contribution in [1.82, 2.24) is 5.32 Å². The lowest BCUT2D eigenvalue weighted by Gasteiger charge is -2.20. The van der Waals surface area contributed by atoms with Gasteiger partial charge in [-0.2, -0.15) is 0 Å². The first-order valence-electron chi connectivity index (χ1n) is 8.47. The number of hydrogen-bond donors (Lipinski definition) is 2. The Morgan fingerprint density at radius 3 is 2.79 bits per heavy atom. The van der Waals surface area contributed by atoms with Crippen LogP contribution in [0.3, 0.4) is 0 Å². The molecule has 1 saturated carbocycles. The smallest absolute Gasteiger partial charge is 0.251 e. The van der Waals surface area contributed by atoms with Gasteiger partial charge in [0, 0.05) is 11.6 Å². The number of halogens is 1. The van der Waals surface area contributed by atoms with Crippen molar-refractivity contribution < 1.29 is 14.3 Å². The van der Waals surface area contributed by atoms with Crippen LogP contribution in [0.15, 0.2) is 12.1 Å². The second kappa shape index (κ2) is 8.58. The van der Waals surface area contributed by atoms with Crippen molar-refractivity contribution in [3.05, 3.63) is 22.7 Å². The number of carbonyl (C=O) groups is 1. The predicted molar refractivity (Wildman–Crippen MR) is 96.0 cm³/mol. The normalized spacial score (nSPS) is 20.2. The highest BCUT2D eigenvalue weighted by atomic mass is 35.5. The summed E-state index contributed by atoms with van der Waals surface area (Å²) in [5.41, 5.74) is 6.25. The molecule has 0 radical (unpaired) electrons. The van der Waals surface area contributed by atoms with Gasteiger partial charge in [0.25, 0.3) is 5.91 Å². The summed E-state index contributed by atoms with van der Waals surface area (Å²) in [7, 11) is 1.54. The molecule has 0 spiro atoms. The number of carbonyl (C=O) groups excluding carboxylic acids is 1. The highest BCUT2D eigenvalue weighted by molar-refractivity contribution is 6.32. The molecule has 1 aliphatic rings. The maximum absolute atomic E-state index is 12.6. The number of nitrogens with two attached hydrogens (primary N) is 1. The van der Waals surface area contributed by atoms with E-state index in [0.29, 0.717) is 47.1 Å². The summed E-state index contributed by atoms with van der Waals surface area (Å²) in [6.07, 6.45) is 3.13. The Hall–Kier alpha value is -1.46. The lowest BCUT2D eigenvalue weighted by atomic mass is 10.0. The standard InChI is InChI=1S/C18H27ClN2O3/c1-11(2)10-24-17-14(19)7-13(8-16(17)23-3)18(22)21-15-6-4-5-12(15)9-20/h7-8,11-12,15H,4-6,9-10,20H2,1-3H3,(H,21,22). The van der Waals surface area contributed by atoms with Gasteiger partial charge in [0.2, 0.25) is 0 Å². The van der Waals surface area contributed by atoms with E-state index in [1.165, 1.54) is 7.11 Å². The zero-order valence-corrected chi connectivity index (χ0v) is 15.4. The SMILES string of the molecule is COc1cc(C(=O)NC2CCCC2CN)cc(Cl)c1OCC(C)C. The molecule has 2 atom stereocenters. The molecule has 1 aromatic carbocycles. The fourth-order valence-corrected chi connectivity index (χ4v) is 3.27. The minimum absolute atomic E-state index is 0.129. The van der Waals surface area contributed by atoms with Crippen LogP contribution in [0.5, 0.6) is 11.5 Å². The zero-order chi connectivity index (χ0) is 17.7. The molecule has 0 heterocycles. The first-order chi connectivity index (χ1) is 11.5. The molecule has 5 nitrogen and oxygen atoms in total. The third-order valence-electron chi connectivity index (χ3n) is 4.33. The van der Waals surface area contributed by atoms with Gasteiger partial charge in [-0.3, -0.25) is 4.79 Å². The molecule has 24 heavy (non-hydrogen) atoms.